The van der Waals surface area contributed by atoms with Gasteiger partial charge in [-0.05, 0) is 19.4 Å². The first kappa shape index (κ1) is 14.4. The van der Waals surface area contributed by atoms with Crippen molar-refractivity contribution in [2.24, 2.45) is 0 Å². The van der Waals surface area contributed by atoms with Gasteiger partial charge in [0.2, 0.25) is 0 Å². The van der Waals surface area contributed by atoms with E-state index in [1.54, 1.807) is 7.05 Å². The molecule has 6 nitrogen and oxygen atoms in total. The Bertz CT molecular complexity index is 549. The summed E-state index contributed by atoms with van der Waals surface area (Å²) in [6.45, 7) is 2.38. The number of nitrogens with zero attached hydrogens (tertiary/aromatic N) is 2. The molecule has 20 heavy (non-hydrogen) atoms. The molecule has 1 amide bonds. The Morgan fingerprint density at radius 3 is 2.80 bits per heavy atom. The maximum atomic E-state index is 13.7. The standard InChI is InChI=1S/C13H15FN2O4/c1-8-12(5-6-20-8)15(2)13(17)10-7-9(16(18)19)3-4-11(10)14/h3-4,7-8,12H,5-6H2,1-2H3. The zero-order valence-electron chi connectivity index (χ0n) is 11.2. The van der Waals surface area contributed by atoms with Gasteiger partial charge in [0.05, 0.1) is 22.6 Å². The first-order valence-electron chi connectivity index (χ1n) is 6.24. The van der Waals surface area contributed by atoms with Crippen LogP contribution >= 0.6 is 0 Å². The number of likely N-dealkylation sites (N-methyl/N-ethyl adjacent to an activating group) is 1. The highest BCUT2D eigenvalue weighted by Gasteiger charge is 2.32. The van der Waals surface area contributed by atoms with Crippen molar-refractivity contribution in [2.75, 3.05) is 13.7 Å². The topological polar surface area (TPSA) is 72.7 Å². The predicted octanol–water partition coefficient (Wildman–Crippen LogP) is 1.98. The number of benzene rings is 1. The quantitative estimate of drug-likeness (QED) is 0.627. The number of non-ortho nitro benzene ring substituents is 1. The summed E-state index contributed by atoms with van der Waals surface area (Å²) < 4.78 is 19.1. The Balaban J connectivity index is 2.28. The van der Waals surface area contributed by atoms with Crippen molar-refractivity contribution < 1.29 is 18.8 Å². The molecule has 7 heteroatoms. The van der Waals surface area contributed by atoms with Gasteiger partial charge in [0.1, 0.15) is 5.82 Å². The number of amides is 1. The lowest BCUT2D eigenvalue weighted by atomic mass is 10.1. The van der Waals surface area contributed by atoms with Crippen LogP contribution in [0.4, 0.5) is 10.1 Å². The van der Waals surface area contributed by atoms with E-state index in [4.69, 9.17) is 4.74 Å². The molecule has 2 rings (SSSR count). The van der Waals surface area contributed by atoms with Gasteiger partial charge < -0.3 is 9.64 Å². The van der Waals surface area contributed by atoms with Crippen molar-refractivity contribution >= 4 is 11.6 Å². The fourth-order valence-electron chi connectivity index (χ4n) is 2.36. The molecule has 0 aromatic heterocycles. The molecule has 0 radical (unpaired) electrons. The third-order valence-corrected chi connectivity index (χ3v) is 3.55. The van der Waals surface area contributed by atoms with Gasteiger partial charge in [-0.1, -0.05) is 0 Å². The van der Waals surface area contributed by atoms with Crippen LogP contribution in [0.2, 0.25) is 0 Å². The first-order chi connectivity index (χ1) is 9.41. The average Bonchev–Trinajstić information content (AvgIpc) is 2.83. The highest BCUT2D eigenvalue weighted by atomic mass is 19.1. The molecule has 1 saturated heterocycles. The number of halogens is 1. The zero-order valence-corrected chi connectivity index (χ0v) is 11.2. The van der Waals surface area contributed by atoms with Gasteiger partial charge in [0.25, 0.3) is 11.6 Å². The van der Waals surface area contributed by atoms with Gasteiger partial charge in [0, 0.05) is 25.8 Å². The lowest BCUT2D eigenvalue weighted by Crippen LogP contribution is -2.41. The van der Waals surface area contributed by atoms with E-state index in [1.165, 1.54) is 4.90 Å². The normalized spacial score (nSPS) is 21.8. The summed E-state index contributed by atoms with van der Waals surface area (Å²) in [5.41, 5.74) is -0.598. The molecule has 0 saturated carbocycles. The van der Waals surface area contributed by atoms with Crippen molar-refractivity contribution in [1.29, 1.82) is 0 Å². The van der Waals surface area contributed by atoms with Crippen LogP contribution in [0.1, 0.15) is 23.7 Å². The highest BCUT2D eigenvalue weighted by molar-refractivity contribution is 5.95. The zero-order chi connectivity index (χ0) is 14.9. The van der Waals surface area contributed by atoms with Crippen molar-refractivity contribution in [2.45, 2.75) is 25.5 Å². The summed E-state index contributed by atoms with van der Waals surface area (Å²) in [6.07, 6.45) is 0.533. The number of ether oxygens (including phenoxy) is 1. The Hall–Kier alpha value is -2.02. The van der Waals surface area contributed by atoms with Gasteiger partial charge in [-0.3, -0.25) is 14.9 Å². The van der Waals surface area contributed by atoms with Crippen LogP contribution in [-0.4, -0.2) is 41.5 Å². The van der Waals surface area contributed by atoms with Gasteiger partial charge in [0.15, 0.2) is 0 Å². The van der Waals surface area contributed by atoms with Crippen LogP contribution in [0.3, 0.4) is 0 Å². The van der Waals surface area contributed by atoms with Crippen LogP contribution in [0.5, 0.6) is 0 Å². The summed E-state index contributed by atoms with van der Waals surface area (Å²) >= 11 is 0. The van der Waals surface area contributed by atoms with Crippen LogP contribution in [0.25, 0.3) is 0 Å². The van der Waals surface area contributed by atoms with Crippen molar-refractivity contribution in [3.05, 3.63) is 39.7 Å². The second kappa shape index (κ2) is 5.54. The number of carbonyl (C=O) groups is 1. The number of nitro groups is 1. The molecule has 1 aromatic rings. The molecule has 0 spiro atoms. The molecule has 108 valence electrons. The molecule has 0 aliphatic carbocycles. The SMILES string of the molecule is CC1OCCC1N(C)C(=O)c1cc([N+](=O)[O-])ccc1F. The molecule has 1 aromatic carbocycles. The fourth-order valence-corrected chi connectivity index (χ4v) is 2.36. The van der Waals surface area contributed by atoms with E-state index in [9.17, 15) is 19.3 Å². The minimum Gasteiger partial charge on any atom is -0.376 e. The highest BCUT2D eigenvalue weighted by Crippen LogP contribution is 2.23. The smallest absolute Gasteiger partial charge is 0.270 e. The number of rotatable bonds is 3. The average molecular weight is 282 g/mol. The van der Waals surface area contributed by atoms with Gasteiger partial charge in [-0.15, -0.1) is 0 Å². The van der Waals surface area contributed by atoms with Gasteiger partial charge in [-0.2, -0.15) is 0 Å². The molecule has 1 aliphatic rings. The molecule has 0 N–H and O–H groups in total. The Kier molecular flexibility index (Phi) is 3.99. The van der Waals surface area contributed by atoms with E-state index in [0.717, 1.165) is 18.2 Å². The van der Waals surface area contributed by atoms with Gasteiger partial charge in [-0.25, -0.2) is 4.39 Å². The number of hydrogen-bond acceptors (Lipinski definition) is 4. The summed E-state index contributed by atoms with van der Waals surface area (Å²) in [6, 6.07) is 2.79. The first-order valence-corrected chi connectivity index (χ1v) is 6.24. The van der Waals surface area contributed by atoms with E-state index >= 15 is 0 Å². The van der Waals surface area contributed by atoms with Crippen LogP contribution in [-0.2, 0) is 4.74 Å². The number of nitro benzene ring substituents is 1. The molecular weight excluding hydrogens is 267 g/mol. The Morgan fingerprint density at radius 1 is 1.55 bits per heavy atom. The Labute approximate surface area is 115 Å². The number of hydrogen-bond donors (Lipinski definition) is 0. The lowest BCUT2D eigenvalue weighted by molar-refractivity contribution is -0.384. The Morgan fingerprint density at radius 2 is 2.25 bits per heavy atom. The summed E-state index contributed by atoms with van der Waals surface area (Å²) in [5, 5.41) is 10.7. The summed E-state index contributed by atoms with van der Waals surface area (Å²) in [5.74, 6) is -1.34. The van der Waals surface area contributed by atoms with E-state index in [2.05, 4.69) is 0 Å². The lowest BCUT2D eigenvalue weighted by Gasteiger charge is -2.26. The van der Waals surface area contributed by atoms with E-state index in [0.29, 0.717) is 13.0 Å². The van der Waals surface area contributed by atoms with Crippen molar-refractivity contribution in [3.8, 4) is 0 Å². The largest absolute Gasteiger partial charge is 0.376 e. The van der Waals surface area contributed by atoms with Crippen LogP contribution < -0.4 is 0 Å². The second-order valence-electron chi connectivity index (χ2n) is 4.77. The minimum atomic E-state index is -0.765. The van der Waals surface area contributed by atoms with Crippen LogP contribution in [0, 0.1) is 15.9 Å². The molecule has 1 heterocycles. The number of carbonyl (C=O) groups excluding carboxylic acids is 1. The van der Waals surface area contributed by atoms with E-state index in [-0.39, 0.29) is 23.4 Å². The molecule has 1 fully saturated rings. The monoisotopic (exact) mass is 282 g/mol. The summed E-state index contributed by atoms with van der Waals surface area (Å²) in [7, 11) is 1.55. The molecule has 2 atom stereocenters. The van der Waals surface area contributed by atoms with E-state index < -0.39 is 16.6 Å². The predicted molar refractivity (Wildman–Crippen MR) is 69.0 cm³/mol. The molecule has 1 aliphatic heterocycles. The maximum Gasteiger partial charge on any atom is 0.270 e. The van der Waals surface area contributed by atoms with Crippen molar-refractivity contribution in [1.82, 2.24) is 4.90 Å². The third kappa shape index (κ3) is 2.62. The third-order valence-electron chi connectivity index (χ3n) is 3.55. The van der Waals surface area contributed by atoms with Crippen LogP contribution in [0.15, 0.2) is 18.2 Å². The van der Waals surface area contributed by atoms with Gasteiger partial charge >= 0.3 is 0 Å². The molecular formula is C13H15FN2O4. The fraction of sp³-hybridized carbons (Fsp3) is 0.462. The molecule has 0 bridgehead atoms. The van der Waals surface area contributed by atoms with Crippen molar-refractivity contribution in [3.63, 3.8) is 0 Å². The minimum absolute atomic E-state index is 0.134. The maximum absolute atomic E-state index is 13.7. The summed E-state index contributed by atoms with van der Waals surface area (Å²) in [4.78, 5) is 23.7. The molecule has 2 unspecified atom stereocenters. The second-order valence-corrected chi connectivity index (χ2v) is 4.77. The van der Waals surface area contributed by atoms with E-state index in [1.807, 2.05) is 6.92 Å².